The second-order valence-electron chi connectivity index (χ2n) is 6.19. The molecule has 0 atom stereocenters. The third-order valence-corrected chi connectivity index (χ3v) is 4.76. The second kappa shape index (κ2) is 7.10. The smallest absolute Gasteiger partial charge is 0.123 e. The lowest BCUT2D eigenvalue weighted by Crippen LogP contribution is -2.05. The van der Waals surface area contributed by atoms with Crippen molar-refractivity contribution >= 4 is 23.8 Å². The van der Waals surface area contributed by atoms with Crippen molar-refractivity contribution in [2.45, 2.75) is 38.0 Å². The highest BCUT2D eigenvalue weighted by Gasteiger charge is 2.22. The molecular weight excluding hydrogens is 308 g/mol. The highest BCUT2D eigenvalue weighted by molar-refractivity contribution is 6.30. The van der Waals surface area contributed by atoms with E-state index in [0.717, 1.165) is 24.0 Å². The zero-order valence-electron chi connectivity index (χ0n) is 13.0. The van der Waals surface area contributed by atoms with Crippen molar-refractivity contribution in [2.24, 2.45) is 0 Å². The molecule has 0 heterocycles. The Bertz CT molecular complexity index is 675. The summed E-state index contributed by atoms with van der Waals surface area (Å²) < 4.78 is 0. The molecule has 1 fully saturated rings. The molecule has 0 spiro atoms. The fourth-order valence-corrected chi connectivity index (χ4v) is 3.44. The van der Waals surface area contributed by atoms with Gasteiger partial charge in [-0.05, 0) is 54.2 Å². The van der Waals surface area contributed by atoms with Gasteiger partial charge in [0.15, 0.2) is 0 Å². The Hall–Kier alpha value is -1.93. The van der Waals surface area contributed by atoms with E-state index in [1.54, 1.807) is 12.1 Å². The minimum absolute atomic E-state index is 0.202. The minimum Gasteiger partial charge on any atom is -0.507 e. The van der Waals surface area contributed by atoms with Gasteiger partial charge in [-0.2, -0.15) is 0 Å². The topological polar surface area (TPSA) is 40.5 Å². The molecule has 23 heavy (non-hydrogen) atoms. The number of hydrogen-bond acceptors (Lipinski definition) is 2. The number of aromatic hydroxyl groups is 2. The molecule has 3 heteroatoms. The van der Waals surface area contributed by atoms with E-state index < -0.39 is 0 Å². The quantitative estimate of drug-likeness (QED) is 0.681. The van der Waals surface area contributed by atoms with Crippen LogP contribution in [0.2, 0.25) is 5.02 Å². The largest absolute Gasteiger partial charge is 0.507 e. The maximum atomic E-state index is 10.3. The summed E-state index contributed by atoms with van der Waals surface area (Å²) in [6.07, 6.45) is 9.49. The molecule has 2 N–H and O–H groups in total. The molecule has 0 bridgehead atoms. The Balaban J connectivity index is 1.82. The summed E-state index contributed by atoms with van der Waals surface area (Å²) in [5.74, 6) is 0.679. The molecule has 1 aliphatic rings. The van der Waals surface area contributed by atoms with Crippen LogP contribution in [0.3, 0.4) is 0 Å². The Morgan fingerprint density at radius 1 is 0.826 bits per heavy atom. The molecule has 120 valence electrons. The summed E-state index contributed by atoms with van der Waals surface area (Å²) in [4.78, 5) is 0. The van der Waals surface area contributed by atoms with Crippen LogP contribution in [-0.4, -0.2) is 10.2 Å². The third-order valence-electron chi connectivity index (χ3n) is 4.51. The lowest BCUT2D eigenvalue weighted by molar-refractivity contribution is 0.389. The maximum Gasteiger partial charge on any atom is 0.123 e. The number of rotatable bonds is 3. The van der Waals surface area contributed by atoms with Crippen molar-refractivity contribution in [3.05, 3.63) is 58.1 Å². The van der Waals surface area contributed by atoms with Crippen molar-refractivity contribution in [3.8, 4) is 11.5 Å². The first-order valence-corrected chi connectivity index (χ1v) is 8.51. The molecule has 3 rings (SSSR count). The Kier molecular flexibility index (Phi) is 4.92. The average molecular weight is 329 g/mol. The maximum absolute atomic E-state index is 10.3. The number of phenols is 2. The van der Waals surface area contributed by atoms with E-state index in [-0.39, 0.29) is 17.4 Å². The number of benzene rings is 2. The van der Waals surface area contributed by atoms with Gasteiger partial charge in [0.25, 0.3) is 0 Å². The van der Waals surface area contributed by atoms with Crippen LogP contribution >= 0.6 is 11.6 Å². The van der Waals surface area contributed by atoms with Crippen molar-refractivity contribution in [1.29, 1.82) is 0 Å². The summed E-state index contributed by atoms with van der Waals surface area (Å²) in [7, 11) is 0. The molecule has 0 aromatic heterocycles. The Labute approximate surface area is 142 Å². The van der Waals surface area contributed by atoms with Gasteiger partial charge in [-0.1, -0.05) is 55.1 Å². The summed E-state index contributed by atoms with van der Waals surface area (Å²) in [5.41, 5.74) is 2.52. The van der Waals surface area contributed by atoms with Gasteiger partial charge in [-0.15, -0.1) is 0 Å². The minimum atomic E-state index is 0.202. The van der Waals surface area contributed by atoms with Crippen molar-refractivity contribution in [2.75, 3.05) is 0 Å². The molecule has 0 unspecified atom stereocenters. The average Bonchev–Trinajstić information content (AvgIpc) is 2.55. The van der Waals surface area contributed by atoms with Crippen LogP contribution in [0.4, 0.5) is 0 Å². The number of hydrogen-bond donors (Lipinski definition) is 2. The van der Waals surface area contributed by atoms with E-state index in [1.807, 2.05) is 36.4 Å². The van der Waals surface area contributed by atoms with Gasteiger partial charge in [0.2, 0.25) is 0 Å². The molecule has 0 aliphatic heterocycles. The summed E-state index contributed by atoms with van der Waals surface area (Å²) in [6.45, 7) is 0. The molecule has 2 aromatic carbocycles. The molecular formula is C20H21ClO2. The van der Waals surface area contributed by atoms with Crippen LogP contribution in [-0.2, 0) is 0 Å². The standard InChI is InChI=1S/C20H21ClO2/c21-17-10-8-14(9-11-17)6-7-15-12-18(22)20(19(23)13-15)16-4-2-1-3-5-16/h6-13,16,22-23H,1-5H2/b7-6+. The lowest BCUT2D eigenvalue weighted by atomic mass is 9.83. The van der Waals surface area contributed by atoms with Crippen LogP contribution in [0.1, 0.15) is 54.7 Å². The van der Waals surface area contributed by atoms with Crippen LogP contribution < -0.4 is 0 Å². The van der Waals surface area contributed by atoms with Crippen LogP contribution in [0.25, 0.3) is 12.2 Å². The first-order valence-electron chi connectivity index (χ1n) is 8.13. The predicted octanol–water partition coefficient (Wildman–Crippen LogP) is 5.97. The van der Waals surface area contributed by atoms with E-state index in [1.165, 1.54) is 19.3 Å². The zero-order chi connectivity index (χ0) is 16.2. The fraction of sp³-hybridized carbons (Fsp3) is 0.300. The normalized spacial score (nSPS) is 16.0. The van der Waals surface area contributed by atoms with Crippen molar-refractivity contribution in [1.82, 2.24) is 0 Å². The van der Waals surface area contributed by atoms with Crippen LogP contribution in [0.5, 0.6) is 11.5 Å². The molecule has 0 saturated heterocycles. The van der Waals surface area contributed by atoms with Crippen LogP contribution in [0, 0.1) is 0 Å². The summed E-state index contributed by atoms with van der Waals surface area (Å²) in [6, 6.07) is 11.0. The number of phenolic OH excluding ortho intramolecular Hbond substituents is 2. The van der Waals surface area contributed by atoms with Gasteiger partial charge in [0.1, 0.15) is 11.5 Å². The fourth-order valence-electron chi connectivity index (χ4n) is 3.32. The first-order chi connectivity index (χ1) is 11.1. The predicted molar refractivity (Wildman–Crippen MR) is 96.0 cm³/mol. The highest BCUT2D eigenvalue weighted by atomic mass is 35.5. The van der Waals surface area contributed by atoms with Gasteiger partial charge < -0.3 is 10.2 Å². The van der Waals surface area contributed by atoms with E-state index in [9.17, 15) is 10.2 Å². The molecule has 0 radical (unpaired) electrons. The number of halogens is 1. The molecule has 1 saturated carbocycles. The Morgan fingerprint density at radius 3 is 2.00 bits per heavy atom. The van der Waals surface area contributed by atoms with E-state index in [4.69, 9.17) is 11.6 Å². The van der Waals surface area contributed by atoms with Crippen molar-refractivity contribution < 1.29 is 10.2 Å². The van der Waals surface area contributed by atoms with Gasteiger partial charge in [0, 0.05) is 10.6 Å². The summed E-state index contributed by atoms with van der Waals surface area (Å²) in [5, 5.41) is 21.4. The zero-order valence-corrected chi connectivity index (χ0v) is 13.8. The van der Waals surface area contributed by atoms with Gasteiger partial charge in [-0.25, -0.2) is 0 Å². The van der Waals surface area contributed by atoms with Gasteiger partial charge >= 0.3 is 0 Å². The highest BCUT2D eigenvalue weighted by Crippen LogP contribution is 2.42. The molecule has 2 aromatic rings. The Morgan fingerprint density at radius 2 is 1.39 bits per heavy atom. The SMILES string of the molecule is Oc1cc(/C=C/c2ccc(Cl)cc2)cc(O)c1C1CCCCC1. The van der Waals surface area contributed by atoms with Gasteiger partial charge in [-0.3, -0.25) is 0 Å². The second-order valence-corrected chi connectivity index (χ2v) is 6.63. The van der Waals surface area contributed by atoms with E-state index in [2.05, 4.69) is 0 Å². The molecule has 2 nitrogen and oxygen atoms in total. The van der Waals surface area contributed by atoms with Crippen molar-refractivity contribution in [3.63, 3.8) is 0 Å². The van der Waals surface area contributed by atoms with Crippen LogP contribution in [0.15, 0.2) is 36.4 Å². The summed E-state index contributed by atoms with van der Waals surface area (Å²) >= 11 is 5.87. The molecule has 1 aliphatic carbocycles. The monoisotopic (exact) mass is 328 g/mol. The first kappa shape index (κ1) is 15.9. The van der Waals surface area contributed by atoms with E-state index in [0.29, 0.717) is 10.6 Å². The lowest BCUT2D eigenvalue weighted by Gasteiger charge is -2.23. The molecule has 0 amide bonds. The van der Waals surface area contributed by atoms with Gasteiger partial charge in [0.05, 0.1) is 0 Å². The van der Waals surface area contributed by atoms with E-state index >= 15 is 0 Å². The third kappa shape index (κ3) is 3.89.